The monoisotopic (exact) mass is 369 g/mol. The van der Waals surface area contributed by atoms with Crippen LogP contribution >= 0.6 is 0 Å². The molecule has 1 aliphatic heterocycles. The van der Waals surface area contributed by atoms with E-state index in [4.69, 9.17) is 9.47 Å². The van der Waals surface area contributed by atoms with Gasteiger partial charge in [0.25, 0.3) is 0 Å². The second-order valence-electron chi connectivity index (χ2n) is 6.72. The highest BCUT2D eigenvalue weighted by Crippen LogP contribution is 2.23. The van der Waals surface area contributed by atoms with Crippen molar-refractivity contribution >= 4 is 11.7 Å². The third-order valence-corrected chi connectivity index (χ3v) is 4.74. The number of methoxy groups -OCH3 is 2. The predicted octanol–water partition coefficient (Wildman–Crippen LogP) is 3.49. The van der Waals surface area contributed by atoms with E-state index in [-0.39, 0.29) is 12.1 Å². The molecule has 0 radical (unpaired) electrons. The summed E-state index contributed by atoms with van der Waals surface area (Å²) in [5, 5.41) is 5.96. The van der Waals surface area contributed by atoms with Crippen LogP contribution in [0.4, 0.5) is 10.5 Å². The fraction of sp³-hybridized carbons (Fsp3) is 0.381. The molecule has 0 saturated carbocycles. The third-order valence-electron chi connectivity index (χ3n) is 4.74. The summed E-state index contributed by atoms with van der Waals surface area (Å²) >= 11 is 0. The van der Waals surface area contributed by atoms with Gasteiger partial charge in [-0.05, 0) is 49.2 Å². The molecule has 1 heterocycles. The van der Waals surface area contributed by atoms with E-state index in [9.17, 15) is 4.79 Å². The number of hydrogen-bond acceptors (Lipinski definition) is 4. The average Bonchev–Trinajstić information content (AvgIpc) is 2.68. The lowest BCUT2D eigenvalue weighted by Gasteiger charge is -2.33. The number of hydrogen-bond donors (Lipinski definition) is 2. The summed E-state index contributed by atoms with van der Waals surface area (Å²) in [6.45, 7) is 2.71. The Morgan fingerprint density at radius 1 is 1.15 bits per heavy atom. The second kappa shape index (κ2) is 9.28. The van der Waals surface area contributed by atoms with Gasteiger partial charge in [-0.2, -0.15) is 0 Å². The van der Waals surface area contributed by atoms with Crippen molar-refractivity contribution in [1.82, 2.24) is 10.2 Å². The number of carbonyl (C=O) groups is 1. The van der Waals surface area contributed by atoms with Gasteiger partial charge in [0.1, 0.15) is 11.5 Å². The Balaban J connectivity index is 1.54. The molecule has 2 aromatic carbocycles. The van der Waals surface area contributed by atoms with Crippen LogP contribution < -0.4 is 20.1 Å². The summed E-state index contributed by atoms with van der Waals surface area (Å²) in [5.41, 5.74) is 1.88. The van der Waals surface area contributed by atoms with E-state index in [1.165, 1.54) is 5.56 Å². The first-order chi connectivity index (χ1) is 13.2. The smallest absolute Gasteiger partial charge is 0.319 e. The molecule has 27 heavy (non-hydrogen) atoms. The molecule has 1 atom stereocenters. The van der Waals surface area contributed by atoms with Gasteiger partial charge in [0.05, 0.1) is 19.9 Å². The highest BCUT2D eigenvalue weighted by molar-refractivity contribution is 5.91. The normalized spacial score (nSPS) is 17.2. The van der Waals surface area contributed by atoms with Crippen LogP contribution in [0.1, 0.15) is 18.4 Å². The summed E-state index contributed by atoms with van der Waals surface area (Å²) in [6, 6.07) is 15.4. The number of anilines is 1. The number of ether oxygens (including phenoxy) is 2. The number of nitrogens with one attached hydrogen (secondary N) is 2. The molecule has 0 aliphatic carbocycles. The number of para-hydroxylation sites is 2. The lowest BCUT2D eigenvalue weighted by molar-refractivity contribution is 0.183. The maximum atomic E-state index is 12.4. The zero-order chi connectivity index (χ0) is 19.1. The van der Waals surface area contributed by atoms with Crippen LogP contribution in [0, 0.1) is 0 Å². The number of amides is 2. The van der Waals surface area contributed by atoms with Crippen molar-refractivity contribution in [3.8, 4) is 11.5 Å². The first-order valence-corrected chi connectivity index (χ1v) is 9.23. The van der Waals surface area contributed by atoms with Crippen molar-refractivity contribution in [1.29, 1.82) is 0 Å². The van der Waals surface area contributed by atoms with Gasteiger partial charge in [-0.1, -0.05) is 24.3 Å². The zero-order valence-electron chi connectivity index (χ0n) is 15.9. The maximum absolute atomic E-state index is 12.4. The Labute approximate surface area is 160 Å². The van der Waals surface area contributed by atoms with Crippen molar-refractivity contribution in [2.45, 2.75) is 25.4 Å². The van der Waals surface area contributed by atoms with E-state index < -0.39 is 0 Å². The first-order valence-electron chi connectivity index (χ1n) is 9.23. The van der Waals surface area contributed by atoms with Crippen LogP contribution in [0.25, 0.3) is 0 Å². The van der Waals surface area contributed by atoms with Crippen LogP contribution in [0.3, 0.4) is 0 Å². The molecule has 1 fully saturated rings. The molecular formula is C21H27N3O3. The minimum atomic E-state index is -0.201. The molecule has 0 spiro atoms. The first kappa shape index (κ1) is 19.0. The van der Waals surface area contributed by atoms with Gasteiger partial charge < -0.3 is 20.1 Å². The molecule has 0 aromatic heterocycles. The number of benzene rings is 2. The van der Waals surface area contributed by atoms with Gasteiger partial charge in [-0.15, -0.1) is 0 Å². The molecule has 1 aliphatic rings. The van der Waals surface area contributed by atoms with Crippen LogP contribution in [0.2, 0.25) is 0 Å². The van der Waals surface area contributed by atoms with Gasteiger partial charge in [-0.25, -0.2) is 4.79 Å². The Morgan fingerprint density at radius 3 is 2.81 bits per heavy atom. The molecule has 3 rings (SSSR count). The van der Waals surface area contributed by atoms with Crippen molar-refractivity contribution in [2.75, 3.05) is 32.6 Å². The van der Waals surface area contributed by atoms with Crippen molar-refractivity contribution in [3.05, 3.63) is 54.1 Å². The Hall–Kier alpha value is -2.73. The maximum Gasteiger partial charge on any atom is 0.319 e. The molecule has 2 N–H and O–H groups in total. The standard InChI is InChI=1S/C21H27N3O3/c1-26-18-9-5-7-16(13-18)14-24-12-6-8-17(15-24)22-21(25)23-19-10-3-4-11-20(19)27-2/h3-5,7,9-11,13,17H,6,8,12,14-15H2,1-2H3,(H2,22,23,25)/t17-/m0/s1. The van der Waals surface area contributed by atoms with Gasteiger partial charge in [-0.3, -0.25) is 4.90 Å². The highest BCUT2D eigenvalue weighted by Gasteiger charge is 2.22. The lowest BCUT2D eigenvalue weighted by atomic mass is 10.0. The largest absolute Gasteiger partial charge is 0.497 e. The van der Waals surface area contributed by atoms with Crippen LogP contribution in [-0.2, 0) is 6.54 Å². The van der Waals surface area contributed by atoms with Crippen LogP contribution in [-0.4, -0.2) is 44.3 Å². The van der Waals surface area contributed by atoms with Crippen molar-refractivity contribution in [2.24, 2.45) is 0 Å². The summed E-state index contributed by atoms with van der Waals surface area (Å²) in [7, 11) is 3.27. The molecule has 144 valence electrons. The summed E-state index contributed by atoms with van der Waals surface area (Å²) in [5.74, 6) is 1.52. The number of urea groups is 1. The molecule has 1 saturated heterocycles. The minimum absolute atomic E-state index is 0.124. The fourth-order valence-electron chi connectivity index (χ4n) is 3.44. The topological polar surface area (TPSA) is 62.8 Å². The van der Waals surface area contributed by atoms with Gasteiger partial charge >= 0.3 is 6.03 Å². The van der Waals surface area contributed by atoms with E-state index in [0.29, 0.717) is 11.4 Å². The third kappa shape index (κ3) is 5.37. The molecular weight excluding hydrogens is 342 g/mol. The van der Waals surface area contributed by atoms with E-state index in [2.05, 4.69) is 27.7 Å². The SMILES string of the molecule is COc1cccc(CN2CCC[C@H](NC(=O)Nc3ccccc3OC)C2)c1. The highest BCUT2D eigenvalue weighted by atomic mass is 16.5. The number of likely N-dealkylation sites (tertiary alicyclic amines) is 1. The van der Waals surface area contributed by atoms with E-state index in [1.807, 2.05) is 36.4 Å². The molecule has 6 nitrogen and oxygen atoms in total. The van der Waals surface area contributed by atoms with E-state index >= 15 is 0 Å². The molecule has 2 aromatic rings. The van der Waals surface area contributed by atoms with Gasteiger partial charge in [0.2, 0.25) is 0 Å². The molecule has 0 unspecified atom stereocenters. The van der Waals surface area contributed by atoms with Crippen LogP contribution in [0.5, 0.6) is 11.5 Å². The summed E-state index contributed by atoms with van der Waals surface area (Å²) in [6.07, 6.45) is 2.04. The fourth-order valence-corrected chi connectivity index (χ4v) is 3.44. The van der Waals surface area contributed by atoms with Crippen molar-refractivity contribution in [3.63, 3.8) is 0 Å². The predicted molar refractivity (Wildman–Crippen MR) is 106 cm³/mol. The van der Waals surface area contributed by atoms with E-state index in [1.54, 1.807) is 14.2 Å². The second-order valence-corrected chi connectivity index (χ2v) is 6.72. The van der Waals surface area contributed by atoms with Crippen LogP contribution in [0.15, 0.2) is 48.5 Å². The number of rotatable bonds is 6. The lowest BCUT2D eigenvalue weighted by Crippen LogP contribution is -2.48. The Bertz CT molecular complexity index is 766. The van der Waals surface area contributed by atoms with E-state index in [0.717, 1.165) is 38.2 Å². The minimum Gasteiger partial charge on any atom is -0.497 e. The Kier molecular flexibility index (Phi) is 6.54. The molecule has 0 bridgehead atoms. The Morgan fingerprint density at radius 2 is 2.00 bits per heavy atom. The van der Waals surface area contributed by atoms with Gasteiger partial charge in [0.15, 0.2) is 0 Å². The van der Waals surface area contributed by atoms with Crippen molar-refractivity contribution < 1.29 is 14.3 Å². The summed E-state index contributed by atoms with van der Waals surface area (Å²) < 4.78 is 10.6. The average molecular weight is 369 g/mol. The summed E-state index contributed by atoms with van der Waals surface area (Å²) in [4.78, 5) is 14.8. The number of carbonyl (C=O) groups excluding carboxylic acids is 1. The molecule has 2 amide bonds. The zero-order valence-corrected chi connectivity index (χ0v) is 15.9. The molecule has 6 heteroatoms. The quantitative estimate of drug-likeness (QED) is 0.818. The number of nitrogens with zero attached hydrogens (tertiary/aromatic N) is 1. The number of piperidine rings is 1. The van der Waals surface area contributed by atoms with Gasteiger partial charge in [0, 0.05) is 19.1 Å².